The zero-order chi connectivity index (χ0) is 29.3. The van der Waals surface area contributed by atoms with Gasteiger partial charge in [0, 0.05) is 31.3 Å². The van der Waals surface area contributed by atoms with E-state index in [9.17, 15) is 24.3 Å². The topological polar surface area (TPSA) is 194 Å². The maximum Gasteiger partial charge on any atom is 0.352 e. The third-order valence-corrected chi connectivity index (χ3v) is 8.64. The lowest BCUT2D eigenvalue weighted by atomic mass is 10.0. The molecule has 0 aromatic carbocycles. The molecule has 16 heteroatoms. The second-order valence-corrected chi connectivity index (χ2v) is 11.7. The first kappa shape index (κ1) is 28.4. The minimum Gasteiger partial charge on any atom is -0.477 e. The zero-order valence-corrected chi connectivity index (χ0v) is 23.7. The van der Waals surface area contributed by atoms with E-state index >= 15 is 0 Å². The zero-order valence-electron chi connectivity index (χ0n) is 22.1. The number of oxime groups is 1. The van der Waals surface area contributed by atoms with Gasteiger partial charge in [-0.2, -0.15) is 0 Å². The number of aromatic nitrogens is 2. The van der Waals surface area contributed by atoms with Gasteiger partial charge in [-0.25, -0.2) is 9.78 Å². The van der Waals surface area contributed by atoms with Crippen LogP contribution in [-0.2, 0) is 19.2 Å². The van der Waals surface area contributed by atoms with Gasteiger partial charge in [0.05, 0.1) is 0 Å². The summed E-state index contributed by atoms with van der Waals surface area (Å²) < 4.78 is 5.16. The normalized spacial score (nSPS) is 21.2. The molecule has 0 unspecified atom stereocenters. The van der Waals surface area contributed by atoms with Crippen molar-refractivity contribution >= 4 is 63.7 Å². The number of hydrogen-bond acceptors (Lipinski definition) is 12. The van der Waals surface area contributed by atoms with E-state index in [0.717, 1.165) is 41.9 Å². The molecular formula is C25H27N7O7S2. The number of hydrogen-bond donors (Lipinski definition) is 3. The van der Waals surface area contributed by atoms with Crippen molar-refractivity contribution in [3.8, 4) is 0 Å². The number of aliphatic carboxylic acids is 1. The Labute approximate surface area is 242 Å². The summed E-state index contributed by atoms with van der Waals surface area (Å²) in [6.07, 6.45) is 6.59. The second kappa shape index (κ2) is 11.7. The van der Waals surface area contributed by atoms with Gasteiger partial charge in [0.1, 0.15) is 28.9 Å². The monoisotopic (exact) mass is 601 g/mol. The number of fused-ring (bicyclic) bond motifs is 1. The molecule has 1 saturated carbocycles. The van der Waals surface area contributed by atoms with Crippen LogP contribution >= 0.6 is 23.1 Å². The first-order chi connectivity index (χ1) is 19.6. The van der Waals surface area contributed by atoms with Gasteiger partial charge >= 0.3 is 5.97 Å². The molecule has 2 fully saturated rings. The van der Waals surface area contributed by atoms with Crippen molar-refractivity contribution in [3.63, 3.8) is 0 Å². The van der Waals surface area contributed by atoms with Crippen LogP contribution in [0.5, 0.6) is 0 Å². The fraction of sp³-hybridized carbons (Fsp3) is 0.400. The Morgan fingerprint density at radius 1 is 1.27 bits per heavy atom. The molecule has 3 amide bonds. The van der Waals surface area contributed by atoms with Crippen LogP contribution in [0.25, 0.3) is 6.08 Å². The molecule has 4 heterocycles. The number of anilines is 1. The first-order valence-electron chi connectivity index (χ1n) is 12.7. The van der Waals surface area contributed by atoms with Crippen molar-refractivity contribution in [2.75, 3.05) is 25.6 Å². The molecule has 0 radical (unpaired) electrons. The number of carboxylic acid groups (broad SMARTS) is 1. The Morgan fingerprint density at radius 3 is 2.68 bits per heavy atom. The molecular weight excluding hydrogens is 574 g/mol. The molecule has 41 heavy (non-hydrogen) atoms. The van der Waals surface area contributed by atoms with E-state index in [-0.39, 0.29) is 51.5 Å². The van der Waals surface area contributed by atoms with E-state index in [1.807, 2.05) is 0 Å². The number of rotatable bonds is 9. The molecule has 14 nitrogen and oxygen atoms in total. The van der Waals surface area contributed by atoms with E-state index in [1.54, 1.807) is 19.5 Å². The highest BCUT2D eigenvalue weighted by Gasteiger charge is 2.54. The SMILES string of the molecule is CN(C)C(=O)c1cc(/C=C\C2=C(C(=O)O)N3C(=O)[C@@H](NC(=O)/C(=N\OC4CCCC4)c4csc(N)n4)[C@H]3SC2)on1. The van der Waals surface area contributed by atoms with Crippen molar-refractivity contribution in [2.45, 2.75) is 43.2 Å². The summed E-state index contributed by atoms with van der Waals surface area (Å²) in [5, 5.41) is 21.6. The summed E-state index contributed by atoms with van der Waals surface area (Å²) in [5.41, 5.74) is 6.14. The van der Waals surface area contributed by atoms with Crippen molar-refractivity contribution in [1.82, 2.24) is 25.3 Å². The van der Waals surface area contributed by atoms with Crippen LogP contribution in [0.1, 0.15) is 47.6 Å². The molecule has 1 saturated heterocycles. The Kier molecular flexibility index (Phi) is 8.12. The summed E-state index contributed by atoms with van der Waals surface area (Å²) in [7, 11) is 3.16. The average Bonchev–Trinajstić information content (AvgIpc) is 3.72. The first-order valence-corrected chi connectivity index (χ1v) is 14.6. The van der Waals surface area contributed by atoms with E-state index in [1.165, 1.54) is 34.9 Å². The fourth-order valence-corrected chi connectivity index (χ4v) is 6.45. The van der Waals surface area contributed by atoms with Crippen LogP contribution in [0, 0.1) is 0 Å². The predicted octanol–water partition coefficient (Wildman–Crippen LogP) is 1.53. The van der Waals surface area contributed by atoms with Gasteiger partial charge in [-0.15, -0.1) is 23.1 Å². The molecule has 2 aliphatic heterocycles. The molecule has 1 aliphatic carbocycles. The largest absolute Gasteiger partial charge is 0.477 e. The average molecular weight is 602 g/mol. The molecule has 0 spiro atoms. The lowest BCUT2D eigenvalue weighted by molar-refractivity contribution is -0.150. The third-order valence-electron chi connectivity index (χ3n) is 6.66. The van der Waals surface area contributed by atoms with Gasteiger partial charge in [-0.3, -0.25) is 19.3 Å². The third kappa shape index (κ3) is 5.83. The van der Waals surface area contributed by atoms with Crippen LogP contribution in [0.3, 0.4) is 0 Å². The van der Waals surface area contributed by atoms with Crippen LogP contribution in [-0.4, -0.2) is 91.8 Å². The van der Waals surface area contributed by atoms with Crippen molar-refractivity contribution in [2.24, 2.45) is 5.16 Å². The number of nitrogens with two attached hydrogens (primary N) is 1. The molecule has 216 valence electrons. The smallest absolute Gasteiger partial charge is 0.352 e. The highest BCUT2D eigenvalue weighted by Crippen LogP contribution is 2.41. The highest BCUT2D eigenvalue weighted by atomic mass is 32.2. The Bertz CT molecular complexity index is 1470. The summed E-state index contributed by atoms with van der Waals surface area (Å²) in [6.45, 7) is 0. The van der Waals surface area contributed by atoms with Crippen molar-refractivity contribution in [1.29, 1.82) is 0 Å². The minimum atomic E-state index is -1.29. The summed E-state index contributed by atoms with van der Waals surface area (Å²) in [4.78, 5) is 62.9. The molecule has 0 bridgehead atoms. The number of carbonyl (C=O) groups is 4. The van der Waals surface area contributed by atoms with Gasteiger partial charge in [0.25, 0.3) is 17.7 Å². The lowest BCUT2D eigenvalue weighted by Gasteiger charge is -2.49. The molecule has 2 aromatic heterocycles. The second-order valence-electron chi connectivity index (χ2n) is 9.71. The minimum absolute atomic E-state index is 0.102. The van der Waals surface area contributed by atoms with Gasteiger partial charge in [-0.05, 0) is 37.3 Å². The highest BCUT2D eigenvalue weighted by molar-refractivity contribution is 8.00. The molecule has 4 N–H and O–H groups in total. The summed E-state index contributed by atoms with van der Waals surface area (Å²) >= 11 is 2.44. The Balaban J connectivity index is 1.31. The number of nitrogens with one attached hydrogen (secondary N) is 1. The van der Waals surface area contributed by atoms with Crippen LogP contribution in [0.2, 0.25) is 0 Å². The molecule has 2 aromatic rings. The van der Waals surface area contributed by atoms with Crippen LogP contribution < -0.4 is 11.1 Å². The Hall–Kier alpha value is -4.18. The number of amides is 3. The standard InChI is InChI=1S/C25H27N7O7S2/c1-31(2)21(34)15-9-14(39-29-15)8-7-12-10-40-23-18(22(35)32(23)19(12)24(36)37)28-20(33)17(16-11-41-25(26)27-16)30-38-13-5-3-4-6-13/h7-9,11,13,18,23H,3-6,10H2,1-2H3,(H2,26,27)(H,28,33)(H,36,37)/b8-7-,30-17-/t18-,23-/m1/s1. The molecule has 5 rings (SSSR count). The predicted molar refractivity (Wildman–Crippen MR) is 150 cm³/mol. The van der Waals surface area contributed by atoms with E-state index < -0.39 is 29.2 Å². The van der Waals surface area contributed by atoms with Gasteiger partial charge < -0.3 is 30.4 Å². The van der Waals surface area contributed by atoms with Crippen molar-refractivity contribution < 1.29 is 33.6 Å². The number of carboxylic acids is 1. The number of carbonyl (C=O) groups excluding carboxylic acids is 3. The van der Waals surface area contributed by atoms with Gasteiger partial charge in [0.2, 0.25) is 0 Å². The summed E-state index contributed by atoms with van der Waals surface area (Å²) in [6, 6.07) is 0.457. The van der Waals surface area contributed by atoms with E-state index in [4.69, 9.17) is 15.1 Å². The van der Waals surface area contributed by atoms with E-state index in [0.29, 0.717) is 5.57 Å². The summed E-state index contributed by atoms with van der Waals surface area (Å²) in [5.74, 6) is -2.40. The number of thiazole rings is 1. The number of thioether (sulfide) groups is 1. The number of nitrogen functional groups attached to an aromatic ring is 1. The number of nitrogens with zero attached hydrogens (tertiary/aromatic N) is 5. The lowest BCUT2D eigenvalue weighted by Crippen LogP contribution is -2.71. The quantitative estimate of drug-likeness (QED) is 0.214. The maximum absolute atomic E-state index is 13.3. The molecule has 2 atom stereocenters. The van der Waals surface area contributed by atoms with Gasteiger partial charge in [0.15, 0.2) is 22.3 Å². The van der Waals surface area contributed by atoms with Crippen LogP contribution in [0.4, 0.5) is 5.13 Å². The van der Waals surface area contributed by atoms with Crippen molar-refractivity contribution in [3.05, 3.63) is 45.9 Å². The maximum atomic E-state index is 13.3. The van der Waals surface area contributed by atoms with E-state index in [2.05, 4.69) is 20.6 Å². The van der Waals surface area contributed by atoms with Crippen LogP contribution in [0.15, 0.2) is 38.5 Å². The fourth-order valence-electron chi connectivity index (χ4n) is 4.58. The van der Waals surface area contributed by atoms with Gasteiger partial charge in [-0.1, -0.05) is 16.4 Å². The number of β-lactam (4-membered cyclic amide) rings is 1. The molecule has 3 aliphatic rings. The number of allylic oxidation sites excluding steroid dienone is 1. The Morgan fingerprint density at radius 2 is 2.02 bits per heavy atom.